The number of hydrogen-bond donors (Lipinski definition) is 1. The maximum atomic E-state index is 13.3. The van der Waals surface area contributed by atoms with Crippen molar-refractivity contribution in [3.8, 4) is 11.8 Å². The molecule has 0 saturated heterocycles. The van der Waals surface area contributed by atoms with Gasteiger partial charge in [0, 0.05) is 5.39 Å². The van der Waals surface area contributed by atoms with E-state index in [1.807, 2.05) is 13.0 Å². The number of amides is 1. The maximum absolute atomic E-state index is 13.3. The van der Waals surface area contributed by atoms with Gasteiger partial charge in [-0.15, -0.1) is 11.3 Å². The Balaban J connectivity index is 1.52. The molecule has 9 heteroatoms. The molecular formula is C23H17FN4O3S. The van der Waals surface area contributed by atoms with Crippen LogP contribution in [-0.2, 0) is 9.53 Å². The Morgan fingerprint density at radius 3 is 2.66 bits per heavy atom. The first kappa shape index (κ1) is 21.2. The summed E-state index contributed by atoms with van der Waals surface area (Å²) in [5.41, 5.74) is 2.03. The van der Waals surface area contributed by atoms with E-state index in [9.17, 15) is 14.0 Å². The molecule has 0 bridgehead atoms. The third kappa shape index (κ3) is 4.08. The van der Waals surface area contributed by atoms with Crippen LogP contribution in [0, 0.1) is 24.1 Å². The van der Waals surface area contributed by atoms with Crippen LogP contribution in [0.1, 0.15) is 27.9 Å². The molecule has 0 aliphatic carbocycles. The highest BCUT2D eigenvalue weighted by molar-refractivity contribution is 7.20. The number of halogens is 1. The molecule has 1 N–H and O–H groups in total. The summed E-state index contributed by atoms with van der Waals surface area (Å²) < 4.78 is 20.2. The molecular weight excluding hydrogens is 431 g/mol. The molecule has 4 rings (SSSR count). The zero-order valence-corrected chi connectivity index (χ0v) is 17.9. The zero-order chi connectivity index (χ0) is 22.8. The van der Waals surface area contributed by atoms with E-state index in [2.05, 4.69) is 10.4 Å². The van der Waals surface area contributed by atoms with Crippen molar-refractivity contribution < 1.29 is 18.7 Å². The van der Waals surface area contributed by atoms with Crippen molar-refractivity contribution in [3.63, 3.8) is 0 Å². The number of nitrogens with zero attached hydrogens (tertiary/aromatic N) is 3. The molecule has 0 fully saturated rings. The number of benzene rings is 2. The van der Waals surface area contributed by atoms with Crippen molar-refractivity contribution in [3.05, 3.63) is 76.5 Å². The van der Waals surface area contributed by atoms with Gasteiger partial charge >= 0.3 is 5.97 Å². The van der Waals surface area contributed by atoms with Gasteiger partial charge in [0.2, 0.25) is 0 Å². The van der Waals surface area contributed by atoms with Crippen molar-refractivity contribution >= 4 is 39.1 Å². The van der Waals surface area contributed by atoms with Crippen LogP contribution >= 0.6 is 11.3 Å². The van der Waals surface area contributed by atoms with E-state index in [-0.39, 0.29) is 5.82 Å². The number of fused-ring (bicyclic) bond motifs is 1. The number of aromatic nitrogens is 2. The summed E-state index contributed by atoms with van der Waals surface area (Å²) in [5, 5.41) is 17.0. The number of para-hydroxylation sites is 1. The van der Waals surface area contributed by atoms with Gasteiger partial charge in [-0.25, -0.2) is 13.9 Å². The van der Waals surface area contributed by atoms with Gasteiger partial charge in [-0.05, 0) is 56.3 Å². The molecule has 160 valence electrons. The Hall–Kier alpha value is -4.03. The van der Waals surface area contributed by atoms with Gasteiger partial charge < -0.3 is 10.1 Å². The molecule has 4 aromatic rings. The van der Waals surface area contributed by atoms with Crippen LogP contribution in [0.5, 0.6) is 0 Å². The molecule has 2 heterocycles. The lowest BCUT2D eigenvalue weighted by atomic mass is 10.2. The van der Waals surface area contributed by atoms with Crippen LogP contribution in [0.3, 0.4) is 0 Å². The Morgan fingerprint density at radius 1 is 1.22 bits per heavy atom. The summed E-state index contributed by atoms with van der Waals surface area (Å²) in [5.74, 6) is -1.54. The van der Waals surface area contributed by atoms with Gasteiger partial charge in [-0.1, -0.05) is 12.1 Å². The van der Waals surface area contributed by atoms with Crippen LogP contribution < -0.4 is 5.32 Å². The number of rotatable bonds is 5. The Labute approximate surface area is 186 Å². The van der Waals surface area contributed by atoms with Gasteiger partial charge in [-0.3, -0.25) is 4.79 Å². The number of hydrogen-bond acceptors (Lipinski definition) is 6. The second-order valence-electron chi connectivity index (χ2n) is 7.00. The molecule has 0 aliphatic heterocycles. The predicted molar refractivity (Wildman–Crippen MR) is 118 cm³/mol. The number of nitrogens with one attached hydrogen (secondary N) is 1. The summed E-state index contributed by atoms with van der Waals surface area (Å²) in [6, 6.07) is 16.1. The van der Waals surface area contributed by atoms with Crippen molar-refractivity contribution in [1.29, 1.82) is 5.26 Å². The molecule has 1 amide bonds. The van der Waals surface area contributed by atoms with Crippen molar-refractivity contribution in [2.45, 2.75) is 20.0 Å². The molecule has 0 spiro atoms. The molecule has 0 aliphatic rings. The van der Waals surface area contributed by atoms with Gasteiger partial charge in [-0.2, -0.15) is 10.4 Å². The number of ether oxygens (including phenoxy) is 1. The SMILES string of the molecule is Cc1nn(-c2ccc(F)cc2)c2sc(C(=O)O[C@H](C)C(=O)Nc3ccccc3C#N)cc12. The predicted octanol–water partition coefficient (Wildman–Crippen LogP) is 4.59. The van der Waals surface area contributed by atoms with E-state index in [1.165, 1.54) is 30.4 Å². The summed E-state index contributed by atoms with van der Waals surface area (Å²) in [6.45, 7) is 3.27. The normalized spacial score (nSPS) is 11.7. The molecule has 0 unspecified atom stereocenters. The highest BCUT2D eigenvalue weighted by Crippen LogP contribution is 2.31. The van der Waals surface area contributed by atoms with E-state index < -0.39 is 18.0 Å². The Bertz CT molecular complexity index is 1370. The zero-order valence-electron chi connectivity index (χ0n) is 17.1. The van der Waals surface area contributed by atoms with E-state index in [1.54, 1.807) is 47.1 Å². The number of carbonyl (C=O) groups is 2. The first-order valence-corrected chi connectivity index (χ1v) is 10.4. The van der Waals surface area contributed by atoms with Crippen LogP contribution in [0.4, 0.5) is 10.1 Å². The topological polar surface area (TPSA) is 97.0 Å². The van der Waals surface area contributed by atoms with Gasteiger partial charge in [0.05, 0.1) is 22.6 Å². The van der Waals surface area contributed by atoms with Crippen LogP contribution in [0.25, 0.3) is 15.9 Å². The van der Waals surface area contributed by atoms with E-state index >= 15 is 0 Å². The molecule has 32 heavy (non-hydrogen) atoms. The highest BCUT2D eigenvalue weighted by atomic mass is 32.1. The minimum atomic E-state index is -1.07. The minimum absolute atomic E-state index is 0.310. The molecule has 2 aromatic carbocycles. The van der Waals surface area contributed by atoms with Crippen LogP contribution in [-0.4, -0.2) is 27.8 Å². The number of aryl methyl sites for hydroxylation is 1. The first-order chi connectivity index (χ1) is 15.4. The average Bonchev–Trinajstić information content (AvgIpc) is 3.35. The van der Waals surface area contributed by atoms with Gasteiger partial charge in [0.15, 0.2) is 6.10 Å². The average molecular weight is 448 g/mol. The molecule has 7 nitrogen and oxygen atoms in total. The number of esters is 1. The summed E-state index contributed by atoms with van der Waals surface area (Å²) in [6.07, 6.45) is -1.07. The summed E-state index contributed by atoms with van der Waals surface area (Å²) in [7, 11) is 0. The second-order valence-corrected chi connectivity index (χ2v) is 8.03. The van der Waals surface area contributed by atoms with E-state index in [4.69, 9.17) is 10.00 Å². The molecule has 2 aromatic heterocycles. The molecule has 0 saturated carbocycles. The monoisotopic (exact) mass is 448 g/mol. The van der Waals surface area contributed by atoms with E-state index in [0.29, 0.717) is 32.3 Å². The smallest absolute Gasteiger partial charge is 0.349 e. The lowest BCUT2D eigenvalue weighted by molar-refractivity contribution is -0.123. The third-order valence-electron chi connectivity index (χ3n) is 4.78. The molecule has 0 radical (unpaired) electrons. The standard InChI is InChI=1S/C23H17FN4O3S/c1-13-18-11-20(32-22(18)28(27-13)17-9-7-16(24)8-10-17)23(30)31-14(2)21(29)26-19-6-4-3-5-15(19)12-25/h3-11,14H,1-2H3,(H,26,29)/t14-/m1/s1. The van der Waals surface area contributed by atoms with Crippen LogP contribution in [0.2, 0.25) is 0 Å². The molecule has 1 atom stereocenters. The third-order valence-corrected chi connectivity index (χ3v) is 5.87. The quantitative estimate of drug-likeness (QED) is 0.451. The fourth-order valence-corrected chi connectivity index (χ4v) is 4.17. The van der Waals surface area contributed by atoms with Gasteiger partial charge in [0.25, 0.3) is 5.91 Å². The van der Waals surface area contributed by atoms with Gasteiger partial charge in [0.1, 0.15) is 21.6 Å². The lowest BCUT2D eigenvalue weighted by Crippen LogP contribution is -2.30. The Morgan fingerprint density at radius 2 is 1.94 bits per heavy atom. The number of anilines is 1. The minimum Gasteiger partial charge on any atom is -0.448 e. The fourth-order valence-electron chi connectivity index (χ4n) is 3.10. The van der Waals surface area contributed by atoms with E-state index in [0.717, 1.165) is 5.39 Å². The largest absolute Gasteiger partial charge is 0.448 e. The highest BCUT2D eigenvalue weighted by Gasteiger charge is 2.23. The number of nitriles is 1. The Kier molecular flexibility index (Phi) is 5.71. The van der Waals surface area contributed by atoms with Crippen molar-refractivity contribution in [2.75, 3.05) is 5.32 Å². The second kappa shape index (κ2) is 8.61. The van der Waals surface area contributed by atoms with Crippen LogP contribution in [0.15, 0.2) is 54.6 Å². The maximum Gasteiger partial charge on any atom is 0.349 e. The lowest BCUT2D eigenvalue weighted by Gasteiger charge is -2.13. The number of carbonyl (C=O) groups excluding carboxylic acids is 2. The van der Waals surface area contributed by atoms with Crippen molar-refractivity contribution in [1.82, 2.24) is 9.78 Å². The summed E-state index contributed by atoms with van der Waals surface area (Å²) >= 11 is 1.17. The fraction of sp³-hybridized carbons (Fsp3) is 0.130. The van der Waals surface area contributed by atoms with Crippen molar-refractivity contribution in [2.24, 2.45) is 0 Å². The number of thiophene rings is 1. The summed E-state index contributed by atoms with van der Waals surface area (Å²) in [4.78, 5) is 26.2. The first-order valence-electron chi connectivity index (χ1n) is 9.63.